The smallest absolute Gasteiger partial charge is 0.0541 e. The molecule has 0 saturated heterocycles. The minimum absolute atomic E-state index is 1.09. The Morgan fingerprint density at radius 1 is 0.647 bits per heavy atom. The molecule has 0 radical (unpaired) electrons. The monoisotopic (exact) mass is 501 g/mol. The molecule has 4 aromatic carbocycles. The molecule has 34 heavy (non-hydrogen) atoms. The standard InChI is InChI=1S/C32H24BrN/c33-30-19-21-9-11-23(30)12-13-24-20-29(26(24)18-10-21)22-14-16-25(17-15-22)34-31-7-3-1-5-27(31)28-6-2-4-8-32(28)34/h1-9,11,14-17,19-20H,10,12-13,18H2. The first kappa shape index (κ1) is 20.1. The topological polar surface area (TPSA) is 4.93 Å². The SMILES string of the molecule is Brc1cc2ccc1CCC1=CC(c3ccc(-n4c5ccccc5c5ccccc54)cc3)=C1CC2. The zero-order valence-electron chi connectivity index (χ0n) is 18.9. The molecule has 164 valence electrons. The maximum absolute atomic E-state index is 3.76. The molecule has 2 bridgehead atoms. The summed E-state index contributed by atoms with van der Waals surface area (Å²) in [7, 11) is 0. The fraction of sp³-hybridized carbons (Fsp3) is 0.125. The summed E-state index contributed by atoms with van der Waals surface area (Å²) in [6, 6.07) is 33.5. The van der Waals surface area contributed by atoms with Crippen LogP contribution in [-0.2, 0) is 12.8 Å². The number of benzene rings is 4. The summed E-state index contributed by atoms with van der Waals surface area (Å²) in [4.78, 5) is 0. The van der Waals surface area contributed by atoms with E-state index in [0.29, 0.717) is 0 Å². The van der Waals surface area contributed by atoms with Crippen molar-refractivity contribution < 1.29 is 0 Å². The lowest BCUT2D eigenvalue weighted by molar-refractivity contribution is 0.856. The van der Waals surface area contributed by atoms with E-state index in [1.165, 1.54) is 59.8 Å². The lowest BCUT2D eigenvalue weighted by Gasteiger charge is -2.27. The van der Waals surface area contributed by atoms with Gasteiger partial charge in [-0.25, -0.2) is 0 Å². The van der Waals surface area contributed by atoms with Gasteiger partial charge in [0.1, 0.15) is 0 Å². The molecule has 0 fully saturated rings. The fourth-order valence-corrected chi connectivity index (χ4v) is 6.32. The second-order valence-corrected chi connectivity index (χ2v) is 10.3. The number of allylic oxidation sites excluding steroid dienone is 4. The van der Waals surface area contributed by atoms with Crippen LogP contribution in [-0.4, -0.2) is 4.57 Å². The number of para-hydroxylation sites is 2. The van der Waals surface area contributed by atoms with Crippen LogP contribution in [0.1, 0.15) is 29.5 Å². The highest BCUT2D eigenvalue weighted by Gasteiger charge is 2.22. The molecule has 0 spiro atoms. The van der Waals surface area contributed by atoms with Crippen LogP contribution in [0.3, 0.4) is 0 Å². The highest BCUT2D eigenvalue weighted by molar-refractivity contribution is 9.10. The predicted octanol–water partition coefficient (Wildman–Crippen LogP) is 8.82. The zero-order chi connectivity index (χ0) is 22.6. The van der Waals surface area contributed by atoms with Crippen molar-refractivity contribution in [1.82, 2.24) is 4.57 Å². The van der Waals surface area contributed by atoms with Crippen molar-refractivity contribution in [2.75, 3.05) is 0 Å². The maximum Gasteiger partial charge on any atom is 0.0541 e. The molecule has 2 heteroatoms. The highest BCUT2D eigenvalue weighted by Crippen LogP contribution is 2.42. The van der Waals surface area contributed by atoms with Gasteiger partial charge >= 0.3 is 0 Å². The van der Waals surface area contributed by atoms with Crippen LogP contribution in [0.25, 0.3) is 33.1 Å². The van der Waals surface area contributed by atoms with Crippen LogP contribution in [0.2, 0.25) is 0 Å². The molecule has 5 aromatic rings. The zero-order valence-corrected chi connectivity index (χ0v) is 20.5. The van der Waals surface area contributed by atoms with E-state index in [4.69, 9.17) is 0 Å². The van der Waals surface area contributed by atoms with Crippen LogP contribution >= 0.6 is 15.9 Å². The second-order valence-electron chi connectivity index (χ2n) is 9.40. The van der Waals surface area contributed by atoms with E-state index in [1.807, 2.05) is 0 Å². The van der Waals surface area contributed by atoms with Crippen molar-refractivity contribution in [1.29, 1.82) is 0 Å². The van der Waals surface area contributed by atoms with Gasteiger partial charge in [-0.15, -0.1) is 0 Å². The minimum atomic E-state index is 1.09. The van der Waals surface area contributed by atoms with Gasteiger partial charge in [0.25, 0.3) is 0 Å². The molecule has 3 aliphatic carbocycles. The fourth-order valence-electron chi connectivity index (χ4n) is 5.70. The molecule has 8 rings (SSSR count). The van der Waals surface area contributed by atoms with Crippen LogP contribution in [0, 0.1) is 0 Å². The third-order valence-corrected chi connectivity index (χ3v) is 8.23. The van der Waals surface area contributed by atoms with E-state index < -0.39 is 0 Å². The number of aromatic nitrogens is 1. The van der Waals surface area contributed by atoms with E-state index in [2.05, 4.69) is 118 Å². The average molecular weight is 502 g/mol. The van der Waals surface area contributed by atoms with Gasteiger partial charge in [-0.1, -0.05) is 82.7 Å². The Morgan fingerprint density at radius 2 is 1.35 bits per heavy atom. The lowest BCUT2D eigenvalue weighted by Crippen LogP contribution is -2.09. The average Bonchev–Trinajstić information content (AvgIpc) is 3.19. The van der Waals surface area contributed by atoms with E-state index in [-0.39, 0.29) is 0 Å². The number of halogens is 1. The first-order chi connectivity index (χ1) is 16.8. The summed E-state index contributed by atoms with van der Waals surface area (Å²) in [5.41, 5.74) is 12.4. The summed E-state index contributed by atoms with van der Waals surface area (Å²) in [5, 5.41) is 2.61. The van der Waals surface area contributed by atoms with E-state index in [9.17, 15) is 0 Å². The molecule has 0 amide bonds. The Kier molecular flexibility index (Phi) is 4.63. The van der Waals surface area contributed by atoms with Crippen LogP contribution < -0.4 is 0 Å². The van der Waals surface area contributed by atoms with Crippen molar-refractivity contribution in [2.45, 2.75) is 25.7 Å². The van der Waals surface area contributed by atoms with Gasteiger partial charge in [-0.05, 0) is 89.4 Å². The summed E-state index contributed by atoms with van der Waals surface area (Å²) in [6.45, 7) is 0. The second kappa shape index (κ2) is 7.85. The van der Waals surface area contributed by atoms with E-state index >= 15 is 0 Å². The maximum atomic E-state index is 3.76. The third kappa shape index (κ3) is 3.13. The Balaban J connectivity index is 1.26. The van der Waals surface area contributed by atoms with Crippen molar-refractivity contribution in [3.8, 4) is 5.69 Å². The number of nitrogens with zero attached hydrogens (tertiary/aromatic N) is 1. The third-order valence-electron chi connectivity index (χ3n) is 7.49. The van der Waals surface area contributed by atoms with Crippen LogP contribution in [0.5, 0.6) is 0 Å². The predicted molar refractivity (Wildman–Crippen MR) is 147 cm³/mol. The number of fused-ring (bicyclic) bond motifs is 7. The van der Waals surface area contributed by atoms with Gasteiger partial charge in [-0.2, -0.15) is 0 Å². The van der Waals surface area contributed by atoms with Crippen molar-refractivity contribution in [3.05, 3.63) is 129 Å². The Hall–Kier alpha value is -3.36. The highest BCUT2D eigenvalue weighted by atomic mass is 79.9. The first-order valence-electron chi connectivity index (χ1n) is 12.1. The van der Waals surface area contributed by atoms with Gasteiger partial charge in [-0.3, -0.25) is 0 Å². The summed E-state index contributed by atoms with van der Waals surface area (Å²) >= 11 is 3.76. The number of aryl methyl sites for hydroxylation is 2. The van der Waals surface area contributed by atoms with Crippen LogP contribution in [0.15, 0.2) is 113 Å². The van der Waals surface area contributed by atoms with E-state index in [1.54, 1.807) is 5.57 Å². The first-order valence-corrected chi connectivity index (χ1v) is 12.9. The quantitative estimate of drug-likeness (QED) is 0.227. The summed E-state index contributed by atoms with van der Waals surface area (Å²) in [5.74, 6) is 0. The molecular formula is C32H24BrN. The molecule has 1 heterocycles. The van der Waals surface area contributed by atoms with Crippen LogP contribution in [0.4, 0.5) is 0 Å². The van der Waals surface area contributed by atoms with E-state index in [0.717, 1.165) is 25.7 Å². The Morgan fingerprint density at radius 3 is 2.06 bits per heavy atom. The number of hydrogen-bond donors (Lipinski definition) is 0. The lowest BCUT2D eigenvalue weighted by atomic mass is 9.78. The largest absolute Gasteiger partial charge is 0.309 e. The van der Waals surface area contributed by atoms with Crippen molar-refractivity contribution in [2.24, 2.45) is 0 Å². The normalized spacial score (nSPS) is 15.4. The van der Waals surface area contributed by atoms with Gasteiger partial charge in [0.05, 0.1) is 11.0 Å². The van der Waals surface area contributed by atoms with Gasteiger partial charge < -0.3 is 4.57 Å². The molecule has 1 nitrogen and oxygen atoms in total. The summed E-state index contributed by atoms with van der Waals surface area (Å²) in [6.07, 6.45) is 6.84. The Bertz CT molecular complexity index is 1590. The minimum Gasteiger partial charge on any atom is -0.309 e. The summed E-state index contributed by atoms with van der Waals surface area (Å²) < 4.78 is 3.65. The molecule has 3 aliphatic rings. The molecule has 0 saturated carbocycles. The molecule has 1 aromatic heterocycles. The van der Waals surface area contributed by atoms with Gasteiger partial charge in [0.2, 0.25) is 0 Å². The van der Waals surface area contributed by atoms with Crippen molar-refractivity contribution >= 4 is 43.3 Å². The molecule has 0 aliphatic heterocycles. The molecule has 0 N–H and O–H groups in total. The van der Waals surface area contributed by atoms with Gasteiger partial charge in [0.15, 0.2) is 0 Å². The molecule has 0 unspecified atom stereocenters. The number of hydrogen-bond acceptors (Lipinski definition) is 0. The number of rotatable bonds is 2. The van der Waals surface area contributed by atoms with Gasteiger partial charge in [0, 0.05) is 20.9 Å². The molecular weight excluding hydrogens is 478 g/mol. The molecule has 0 atom stereocenters. The van der Waals surface area contributed by atoms with Crippen molar-refractivity contribution in [3.63, 3.8) is 0 Å². The Labute approximate surface area is 208 Å².